The maximum Gasteiger partial charge on any atom is 0.0472 e. The quantitative estimate of drug-likeness (QED) is 0.669. The van der Waals surface area contributed by atoms with Crippen LogP contribution in [0.2, 0.25) is 0 Å². The fourth-order valence-electron chi connectivity index (χ4n) is 1.30. The van der Waals surface area contributed by atoms with E-state index in [9.17, 15) is 0 Å². The molecule has 0 bridgehead atoms. The number of rotatable bonds is 4. The normalized spacial score (nSPS) is 12.8. The molecule has 1 unspecified atom stereocenters. The molecule has 1 aromatic heterocycles. The van der Waals surface area contributed by atoms with E-state index in [4.69, 9.17) is 0 Å². The standard InChI is InChI=1S/C14H17N.C2H6/c1-4-5-6-9-12(2)13(3)14-10-7-8-11-15-14;1-2/h4-11,13H,1H2,2-3H3;1-2H3/b6-5-,12-9+;. The van der Waals surface area contributed by atoms with Crippen molar-refractivity contribution in [2.24, 2.45) is 0 Å². The van der Waals surface area contributed by atoms with E-state index in [0.717, 1.165) is 5.69 Å². The third-order valence-electron chi connectivity index (χ3n) is 2.42. The van der Waals surface area contributed by atoms with Gasteiger partial charge in [-0.25, -0.2) is 0 Å². The van der Waals surface area contributed by atoms with Crippen LogP contribution in [0.15, 0.2) is 60.9 Å². The van der Waals surface area contributed by atoms with Gasteiger partial charge in [-0.05, 0) is 19.1 Å². The van der Waals surface area contributed by atoms with Crippen molar-refractivity contribution < 1.29 is 0 Å². The summed E-state index contributed by atoms with van der Waals surface area (Å²) >= 11 is 0. The zero-order valence-corrected chi connectivity index (χ0v) is 11.4. The molecule has 0 radical (unpaired) electrons. The topological polar surface area (TPSA) is 12.9 Å². The maximum atomic E-state index is 4.34. The summed E-state index contributed by atoms with van der Waals surface area (Å²) in [4.78, 5) is 4.34. The van der Waals surface area contributed by atoms with Gasteiger partial charge in [0.05, 0.1) is 0 Å². The number of pyridine rings is 1. The van der Waals surface area contributed by atoms with Crippen LogP contribution >= 0.6 is 0 Å². The van der Waals surface area contributed by atoms with Gasteiger partial charge in [0.2, 0.25) is 0 Å². The third-order valence-corrected chi connectivity index (χ3v) is 2.42. The monoisotopic (exact) mass is 229 g/mol. The summed E-state index contributed by atoms with van der Waals surface area (Å²) < 4.78 is 0. The minimum atomic E-state index is 0.362. The average Bonchev–Trinajstić information content (AvgIpc) is 2.41. The molecule has 1 aromatic rings. The van der Waals surface area contributed by atoms with Gasteiger partial charge in [0.25, 0.3) is 0 Å². The Morgan fingerprint density at radius 1 is 1.29 bits per heavy atom. The highest BCUT2D eigenvalue weighted by Crippen LogP contribution is 2.20. The molecular formula is C16H23N. The van der Waals surface area contributed by atoms with E-state index in [2.05, 4.69) is 37.6 Å². The molecule has 1 atom stereocenters. The van der Waals surface area contributed by atoms with E-state index in [1.807, 2.05) is 44.3 Å². The van der Waals surface area contributed by atoms with E-state index in [-0.39, 0.29) is 0 Å². The Bertz CT molecular complexity index is 360. The largest absolute Gasteiger partial charge is 0.261 e. The molecule has 0 aliphatic heterocycles. The van der Waals surface area contributed by atoms with Crippen LogP contribution in [0.4, 0.5) is 0 Å². The smallest absolute Gasteiger partial charge is 0.0472 e. The van der Waals surface area contributed by atoms with Gasteiger partial charge in [-0.3, -0.25) is 4.98 Å². The van der Waals surface area contributed by atoms with Gasteiger partial charge in [-0.2, -0.15) is 0 Å². The summed E-state index contributed by atoms with van der Waals surface area (Å²) in [6, 6.07) is 6.01. The lowest BCUT2D eigenvalue weighted by molar-refractivity contribution is 0.849. The van der Waals surface area contributed by atoms with Crippen LogP contribution in [0.1, 0.15) is 39.3 Å². The Morgan fingerprint density at radius 2 is 2.00 bits per heavy atom. The molecule has 0 saturated heterocycles. The average molecular weight is 229 g/mol. The molecule has 0 fully saturated rings. The van der Waals surface area contributed by atoms with Crippen molar-refractivity contribution in [2.75, 3.05) is 0 Å². The summed E-state index contributed by atoms with van der Waals surface area (Å²) in [5.74, 6) is 0.362. The predicted octanol–water partition coefficient (Wildman–Crippen LogP) is 4.90. The minimum absolute atomic E-state index is 0.362. The van der Waals surface area contributed by atoms with E-state index in [0.29, 0.717) is 5.92 Å². The molecule has 0 N–H and O–H groups in total. The fraction of sp³-hybridized carbons (Fsp3) is 0.312. The molecule has 92 valence electrons. The van der Waals surface area contributed by atoms with Gasteiger partial charge in [0, 0.05) is 17.8 Å². The molecule has 1 heteroatoms. The van der Waals surface area contributed by atoms with Gasteiger partial charge in [-0.15, -0.1) is 0 Å². The molecule has 0 aliphatic carbocycles. The van der Waals surface area contributed by atoms with Crippen LogP contribution in [-0.2, 0) is 0 Å². The van der Waals surface area contributed by atoms with Gasteiger partial charge in [0.1, 0.15) is 0 Å². The van der Waals surface area contributed by atoms with Crippen molar-refractivity contribution in [2.45, 2.75) is 33.6 Å². The molecular weight excluding hydrogens is 206 g/mol. The van der Waals surface area contributed by atoms with Crippen molar-refractivity contribution in [1.29, 1.82) is 0 Å². The van der Waals surface area contributed by atoms with Crippen LogP contribution in [-0.4, -0.2) is 4.98 Å². The highest BCUT2D eigenvalue weighted by atomic mass is 14.7. The molecule has 1 nitrogen and oxygen atoms in total. The summed E-state index contributed by atoms with van der Waals surface area (Å²) in [5.41, 5.74) is 2.41. The second-order valence-electron chi connectivity index (χ2n) is 3.51. The molecule has 0 amide bonds. The molecule has 17 heavy (non-hydrogen) atoms. The Kier molecular flexibility index (Phi) is 8.67. The summed E-state index contributed by atoms with van der Waals surface area (Å²) in [6.45, 7) is 11.9. The van der Waals surface area contributed by atoms with E-state index in [1.165, 1.54) is 5.57 Å². The third kappa shape index (κ3) is 5.86. The number of aromatic nitrogens is 1. The summed E-state index contributed by atoms with van der Waals surface area (Å²) in [6.07, 6.45) is 9.63. The van der Waals surface area contributed by atoms with Crippen molar-refractivity contribution in [3.63, 3.8) is 0 Å². The second-order valence-corrected chi connectivity index (χ2v) is 3.51. The van der Waals surface area contributed by atoms with Gasteiger partial charge in [-0.1, -0.05) is 63.3 Å². The van der Waals surface area contributed by atoms with Crippen LogP contribution in [0.5, 0.6) is 0 Å². The number of allylic oxidation sites excluding steroid dienone is 5. The van der Waals surface area contributed by atoms with E-state index >= 15 is 0 Å². The van der Waals surface area contributed by atoms with Crippen molar-refractivity contribution >= 4 is 0 Å². The molecule has 1 rings (SSSR count). The first kappa shape index (κ1) is 15.4. The number of nitrogens with zero attached hydrogens (tertiary/aromatic N) is 1. The number of hydrogen-bond donors (Lipinski definition) is 0. The highest BCUT2D eigenvalue weighted by molar-refractivity contribution is 5.24. The second kappa shape index (κ2) is 9.59. The zero-order valence-electron chi connectivity index (χ0n) is 11.4. The zero-order chi connectivity index (χ0) is 13.1. The maximum absolute atomic E-state index is 4.34. The van der Waals surface area contributed by atoms with Gasteiger partial charge in [0.15, 0.2) is 0 Å². The predicted molar refractivity (Wildman–Crippen MR) is 77.1 cm³/mol. The molecule has 0 spiro atoms. The lowest BCUT2D eigenvalue weighted by Gasteiger charge is -2.10. The van der Waals surface area contributed by atoms with Crippen molar-refractivity contribution in [3.8, 4) is 0 Å². The Hall–Kier alpha value is -1.63. The molecule has 0 saturated carbocycles. The highest BCUT2D eigenvalue weighted by Gasteiger charge is 2.06. The van der Waals surface area contributed by atoms with Crippen LogP contribution < -0.4 is 0 Å². The Morgan fingerprint density at radius 3 is 2.53 bits per heavy atom. The van der Waals surface area contributed by atoms with Crippen molar-refractivity contribution in [3.05, 3.63) is 66.5 Å². The Balaban J connectivity index is 0.00000121. The first-order valence-electron chi connectivity index (χ1n) is 6.12. The molecule has 0 aromatic carbocycles. The van der Waals surface area contributed by atoms with Gasteiger partial charge >= 0.3 is 0 Å². The fourth-order valence-corrected chi connectivity index (χ4v) is 1.30. The van der Waals surface area contributed by atoms with Crippen LogP contribution in [0.25, 0.3) is 0 Å². The molecule has 1 heterocycles. The van der Waals surface area contributed by atoms with E-state index < -0.39 is 0 Å². The Labute approximate surface area is 106 Å². The van der Waals surface area contributed by atoms with Crippen LogP contribution in [0, 0.1) is 0 Å². The molecule has 0 aliphatic rings. The minimum Gasteiger partial charge on any atom is -0.261 e. The lowest BCUT2D eigenvalue weighted by atomic mass is 9.98. The van der Waals surface area contributed by atoms with Gasteiger partial charge < -0.3 is 0 Å². The van der Waals surface area contributed by atoms with Crippen molar-refractivity contribution in [1.82, 2.24) is 4.98 Å². The van der Waals surface area contributed by atoms with Crippen LogP contribution in [0.3, 0.4) is 0 Å². The first-order valence-corrected chi connectivity index (χ1v) is 6.12. The first-order chi connectivity index (χ1) is 8.25. The lowest BCUT2D eigenvalue weighted by Crippen LogP contribution is -1.97. The SMILES string of the molecule is C=C/C=C\C=C(/C)C(C)c1ccccn1.CC. The summed E-state index contributed by atoms with van der Waals surface area (Å²) in [5, 5.41) is 0. The number of hydrogen-bond acceptors (Lipinski definition) is 1. The van der Waals surface area contributed by atoms with E-state index in [1.54, 1.807) is 6.08 Å². The summed E-state index contributed by atoms with van der Waals surface area (Å²) in [7, 11) is 0.